The minimum absolute atomic E-state index is 0.0475. The number of rotatable bonds is 4. The number of sulfonamides is 1. The summed E-state index contributed by atoms with van der Waals surface area (Å²) >= 11 is 1.02. The van der Waals surface area contributed by atoms with Crippen molar-refractivity contribution in [3.63, 3.8) is 0 Å². The van der Waals surface area contributed by atoms with E-state index in [-0.39, 0.29) is 15.6 Å². The van der Waals surface area contributed by atoms with Crippen LogP contribution in [0, 0.1) is 19.7 Å². The summed E-state index contributed by atoms with van der Waals surface area (Å²) in [5.41, 5.74) is -0.785. The fourth-order valence-corrected chi connectivity index (χ4v) is 3.49. The van der Waals surface area contributed by atoms with Gasteiger partial charge in [0.15, 0.2) is 0 Å². The van der Waals surface area contributed by atoms with Gasteiger partial charge >= 0.3 is 5.97 Å². The maximum absolute atomic E-state index is 13.6. The van der Waals surface area contributed by atoms with Crippen LogP contribution in [0.5, 0.6) is 0 Å². The highest BCUT2D eigenvalue weighted by molar-refractivity contribution is 7.93. The van der Waals surface area contributed by atoms with Gasteiger partial charge in [0.05, 0.1) is 10.5 Å². The number of halogens is 1. The number of nitrogens with one attached hydrogen (secondary N) is 1. The van der Waals surface area contributed by atoms with Gasteiger partial charge < -0.3 is 5.11 Å². The van der Waals surface area contributed by atoms with Gasteiger partial charge in [-0.25, -0.2) is 17.6 Å². The fourth-order valence-electron chi connectivity index (χ4n) is 1.56. The molecule has 0 aliphatic heterocycles. The number of anilines is 1. The lowest BCUT2D eigenvalue weighted by molar-refractivity contribution is 0.0691. The number of carbonyl (C=O) groups is 1. The first-order valence-corrected chi connectivity index (χ1v) is 7.87. The highest BCUT2D eigenvalue weighted by atomic mass is 32.2. The minimum Gasteiger partial charge on any atom is -0.478 e. The van der Waals surface area contributed by atoms with E-state index in [0.717, 1.165) is 23.5 Å². The van der Waals surface area contributed by atoms with E-state index in [1.165, 1.54) is 6.92 Å². The van der Waals surface area contributed by atoms with Crippen molar-refractivity contribution < 1.29 is 22.7 Å². The molecule has 0 saturated heterocycles. The Morgan fingerprint density at radius 3 is 2.52 bits per heavy atom. The number of hydrogen-bond donors (Lipinski definition) is 2. The van der Waals surface area contributed by atoms with Gasteiger partial charge in [-0.15, -0.1) is 10.2 Å². The molecule has 0 spiro atoms. The smallest absolute Gasteiger partial charge is 0.338 e. The van der Waals surface area contributed by atoms with E-state index in [4.69, 9.17) is 5.11 Å². The van der Waals surface area contributed by atoms with Crippen molar-refractivity contribution in [3.05, 3.63) is 34.1 Å². The molecule has 2 rings (SSSR count). The van der Waals surface area contributed by atoms with Crippen LogP contribution in [-0.2, 0) is 10.0 Å². The standard InChI is InChI=1S/C11H10FN3O4S2/c1-5-3-7(4-8(9(5)12)10(16)17)21(18,19)15-11-14-13-6(2)20-11/h3-4H,1-2H3,(H,14,15)(H,16,17). The maximum atomic E-state index is 13.6. The summed E-state index contributed by atoms with van der Waals surface area (Å²) in [4.78, 5) is 10.6. The number of hydrogen-bond acceptors (Lipinski definition) is 6. The maximum Gasteiger partial charge on any atom is 0.338 e. The first-order chi connectivity index (χ1) is 9.70. The average molecular weight is 331 g/mol. The lowest BCUT2D eigenvalue weighted by atomic mass is 10.1. The molecule has 0 unspecified atom stereocenters. The highest BCUT2D eigenvalue weighted by Gasteiger charge is 2.22. The fraction of sp³-hybridized carbons (Fsp3) is 0.182. The molecule has 0 amide bonds. The Hall–Kier alpha value is -2.07. The molecule has 0 bridgehead atoms. The van der Waals surface area contributed by atoms with Gasteiger partial charge in [0.25, 0.3) is 10.0 Å². The van der Waals surface area contributed by atoms with Crippen LogP contribution in [0.1, 0.15) is 20.9 Å². The minimum atomic E-state index is -4.07. The quantitative estimate of drug-likeness (QED) is 0.884. The number of carboxylic acids is 1. The van der Waals surface area contributed by atoms with Crippen LogP contribution >= 0.6 is 11.3 Å². The van der Waals surface area contributed by atoms with Crippen LogP contribution in [-0.4, -0.2) is 29.7 Å². The SMILES string of the molecule is Cc1nnc(NS(=O)(=O)c2cc(C)c(F)c(C(=O)O)c2)s1. The Balaban J connectivity index is 2.47. The molecule has 21 heavy (non-hydrogen) atoms. The Labute approximate surface area is 123 Å². The number of benzene rings is 1. The summed E-state index contributed by atoms with van der Waals surface area (Å²) in [5, 5.41) is 16.8. The molecule has 7 nitrogen and oxygen atoms in total. The van der Waals surface area contributed by atoms with Gasteiger partial charge in [0.2, 0.25) is 5.13 Å². The predicted octanol–water partition coefficient (Wildman–Crippen LogP) is 1.79. The van der Waals surface area contributed by atoms with Gasteiger partial charge in [-0.05, 0) is 31.5 Å². The Morgan fingerprint density at radius 1 is 1.33 bits per heavy atom. The first kappa shape index (κ1) is 15.3. The molecular weight excluding hydrogens is 321 g/mol. The zero-order valence-electron chi connectivity index (χ0n) is 10.9. The van der Waals surface area contributed by atoms with Gasteiger partial charge in [-0.2, -0.15) is 0 Å². The second kappa shape index (κ2) is 5.37. The van der Waals surface area contributed by atoms with Crippen molar-refractivity contribution in [2.75, 3.05) is 4.72 Å². The van der Waals surface area contributed by atoms with Gasteiger partial charge in [0, 0.05) is 0 Å². The van der Waals surface area contributed by atoms with Crippen LogP contribution in [0.3, 0.4) is 0 Å². The van der Waals surface area contributed by atoms with E-state index in [9.17, 15) is 17.6 Å². The summed E-state index contributed by atoms with van der Waals surface area (Å²) in [6, 6.07) is 1.82. The number of aromatic carboxylic acids is 1. The van der Waals surface area contributed by atoms with Crippen molar-refractivity contribution in [2.45, 2.75) is 18.7 Å². The molecule has 0 atom stereocenters. The molecular formula is C11H10FN3O4S2. The molecule has 1 aromatic carbocycles. The van der Waals surface area contributed by atoms with Crippen LogP contribution in [0.15, 0.2) is 17.0 Å². The molecule has 0 fully saturated rings. The number of aromatic nitrogens is 2. The summed E-state index contributed by atoms with van der Waals surface area (Å²) < 4.78 is 40.1. The third kappa shape index (κ3) is 3.16. The van der Waals surface area contributed by atoms with Crippen molar-refractivity contribution in [3.8, 4) is 0 Å². The van der Waals surface area contributed by atoms with Crippen LogP contribution in [0.4, 0.5) is 9.52 Å². The third-order valence-electron chi connectivity index (χ3n) is 2.52. The zero-order chi connectivity index (χ0) is 15.8. The van der Waals surface area contributed by atoms with Crippen LogP contribution < -0.4 is 4.72 Å². The van der Waals surface area contributed by atoms with E-state index in [0.29, 0.717) is 5.01 Å². The molecule has 1 heterocycles. The van der Waals surface area contributed by atoms with Gasteiger partial charge in [-0.3, -0.25) is 4.72 Å². The molecule has 2 N–H and O–H groups in total. The normalized spacial score (nSPS) is 11.4. The van der Waals surface area contributed by atoms with E-state index in [1.807, 2.05) is 0 Å². The van der Waals surface area contributed by atoms with E-state index in [2.05, 4.69) is 14.9 Å². The average Bonchev–Trinajstić information content (AvgIpc) is 2.76. The second-order valence-corrected chi connectivity index (χ2v) is 7.00. The number of carboxylic acid groups (broad SMARTS) is 1. The van der Waals surface area contributed by atoms with Crippen molar-refractivity contribution >= 4 is 32.5 Å². The number of nitrogens with zero attached hydrogens (tertiary/aromatic N) is 2. The lowest BCUT2D eigenvalue weighted by Gasteiger charge is -2.08. The molecule has 1 aromatic heterocycles. The molecule has 2 aromatic rings. The lowest BCUT2D eigenvalue weighted by Crippen LogP contribution is -2.15. The summed E-state index contributed by atoms with van der Waals surface area (Å²) in [6.45, 7) is 2.94. The van der Waals surface area contributed by atoms with Gasteiger partial charge in [0.1, 0.15) is 10.8 Å². The molecule has 0 saturated carbocycles. The topological polar surface area (TPSA) is 109 Å². The van der Waals surface area contributed by atoms with E-state index in [1.54, 1.807) is 6.92 Å². The van der Waals surface area contributed by atoms with E-state index >= 15 is 0 Å². The Bertz CT molecular complexity index is 817. The van der Waals surface area contributed by atoms with Crippen LogP contribution in [0.2, 0.25) is 0 Å². The highest BCUT2D eigenvalue weighted by Crippen LogP contribution is 2.23. The third-order valence-corrected chi connectivity index (χ3v) is 4.72. The molecule has 0 aliphatic carbocycles. The largest absolute Gasteiger partial charge is 0.478 e. The van der Waals surface area contributed by atoms with Crippen LogP contribution in [0.25, 0.3) is 0 Å². The second-order valence-electron chi connectivity index (χ2n) is 4.14. The van der Waals surface area contributed by atoms with Gasteiger partial charge in [-0.1, -0.05) is 11.3 Å². The first-order valence-electron chi connectivity index (χ1n) is 5.57. The Morgan fingerprint density at radius 2 is 2.00 bits per heavy atom. The summed E-state index contributed by atoms with van der Waals surface area (Å²) in [6.07, 6.45) is 0. The molecule has 0 radical (unpaired) electrons. The monoisotopic (exact) mass is 331 g/mol. The van der Waals surface area contributed by atoms with Crippen molar-refractivity contribution in [1.29, 1.82) is 0 Å². The van der Waals surface area contributed by atoms with E-state index < -0.39 is 27.4 Å². The number of aryl methyl sites for hydroxylation is 2. The predicted molar refractivity (Wildman–Crippen MR) is 73.6 cm³/mol. The zero-order valence-corrected chi connectivity index (χ0v) is 12.5. The summed E-state index contributed by atoms with van der Waals surface area (Å²) in [5.74, 6) is -2.51. The molecule has 10 heteroatoms. The van der Waals surface area contributed by atoms with Crippen molar-refractivity contribution in [1.82, 2.24) is 10.2 Å². The Kier molecular flexibility index (Phi) is 3.92. The molecule has 112 valence electrons. The summed E-state index contributed by atoms with van der Waals surface area (Å²) in [7, 11) is -4.07. The molecule has 0 aliphatic rings. The van der Waals surface area contributed by atoms with Crippen molar-refractivity contribution in [2.24, 2.45) is 0 Å².